The quantitative estimate of drug-likeness (QED) is 0.196. The van der Waals surface area contributed by atoms with E-state index in [4.69, 9.17) is 4.98 Å². The van der Waals surface area contributed by atoms with Crippen molar-refractivity contribution in [3.05, 3.63) is 176 Å². The summed E-state index contributed by atoms with van der Waals surface area (Å²) in [4.78, 5) is 5.11. The zero-order valence-electron chi connectivity index (χ0n) is 25.1. The molecule has 0 amide bonds. The molecule has 0 atom stereocenters. The second-order valence-electron chi connectivity index (χ2n) is 11.7. The van der Waals surface area contributed by atoms with E-state index in [0.29, 0.717) is 0 Å². The van der Waals surface area contributed by atoms with Crippen molar-refractivity contribution in [3.63, 3.8) is 0 Å². The maximum atomic E-state index is 5.11. The summed E-state index contributed by atoms with van der Waals surface area (Å²) in [5.41, 5.74) is 12.3. The van der Waals surface area contributed by atoms with Crippen LogP contribution in [-0.2, 0) is 0 Å². The van der Waals surface area contributed by atoms with Crippen LogP contribution in [0.2, 0.25) is 0 Å². The van der Waals surface area contributed by atoms with Gasteiger partial charge >= 0.3 is 0 Å². The minimum atomic E-state index is 0.951. The van der Waals surface area contributed by atoms with Crippen LogP contribution in [0.1, 0.15) is 0 Å². The first kappa shape index (κ1) is 26.2. The molecule has 3 heteroatoms. The molecule has 0 aliphatic heterocycles. The molecule has 0 fully saturated rings. The summed E-state index contributed by atoms with van der Waals surface area (Å²) in [6, 6.07) is 60.2. The van der Waals surface area contributed by atoms with Crippen LogP contribution in [0.15, 0.2) is 176 Å². The number of hydrogen-bond acceptors (Lipinski definition) is 1. The first-order chi connectivity index (χ1) is 22.8. The monoisotopic (exact) mass is 587 g/mol. The second-order valence-corrected chi connectivity index (χ2v) is 11.7. The maximum Gasteiger partial charge on any atom is 0.0730 e. The van der Waals surface area contributed by atoms with Crippen molar-refractivity contribution in [3.8, 4) is 45.0 Å². The van der Waals surface area contributed by atoms with Crippen LogP contribution < -0.4 is 0 Å². The Morgan fingerprint density at radius 2 is 0.848 bits per heavy atom. The van der Waals surface area contributed by atoms with E-state index in [9.17, 15) is 0 Å². The van der Waals surface area contributed by atoms with Crippen molar-refractivity contribution >= 4 is 32.7 Å². The number of fused-ring (bicyclic) bond motifs is 4. The van der Waals surface area contributed by atoms with Gasteiger partial charge in [0.1, 0.15) is 0 Å². The number of pyridine rings is 1. The average Bonchev–Trinajstić information content (AvgIpc) is 3.69. The number of hydrogen-bond donors (Lipinski definition) is 0. The lowest BCUT2D eigenvalue weighted by atomic mass is 10.0. The summed E-state index contributed by atoms with van der Waals surface area (Å²) in [5.74, 6) is 0. The lowest BCUT2D eigenvalue weighted by Crippen LogP contribution is -1.97. The molecule has 46 heavy (non-hydrogen) atoms. The molecule has 3 heterocycles. The maximum absolute atomic E-state index is 5.11. The molecule has 0 spiro atoms. The third-order valence-corrected chi connectivity index (χ3v) is 8.96. The van der Waals surface area contributed by atoms with Gasteiger partial charge in [-0.25, -0.2) is 4.98 Å². The smallest absolute Gasteiger partial charge is 0.0730 e. The molecule has 0 N–H and O–H groups in total. The minimum Gasteiger partial charge on any atom is -0.316 e. The predicted octanol–water partition coefficient (Wildman–Crippen LogP) is 11.1. The van der Waals surface area contributed by atoms with Gasteiger partial charge in [0.15, 0.2) is 0 Å². The van der Waals surface area contributed by atoms with E-state index in [-0.39, 0.29) is 0 Å². The molecule has 0 bridgehead atoms. The molecule has 0 unspecified atom stereocenters. The summed E-state index contributed by atoms with van der Waals surface area (Å²) in [5, 5.41) is 3.76. The van der Waals surface area contributed by atoms with Gasteiger partial charge < -0.3 is 9.13 Å². The molecular weight excluding hydrogens is 558 g/mol. The van der Waals surface area contributed by atoms with Crippen LogP contribution in [0.3, 0.4) is 0 Å². The fourth-order valence-electron chi connectivity index (χ4n) is 6.78. The molecule has 0 aliphatic rings. The Bertz CT molecular complexity index is 2390. The summed E-state index contributed by atoms with van der Waals surface area (Å²) in [6.07, 6.45) is 2.28. The largest absolute Gasteiger partial charge is 0.316 e. The van der Waals surface area contributed by atoms with Gasteiger partial charge in [-0.3, -0.25) is 0 Å². The second kappa shape index (κ2) is 10.8. The Labute approximate surface area is 267 Å². The van der Waals surface area contributed by atoms with Gasteiger partial charge in [0.05, 0.1) is 27.9 Å². The van der Waals surface area contributed by atoms with Gasteiger partial charge in [0.25, 0.3) is 0 Å². The highest BCUT2D eigenvalue weighted by molar-refractivity contribution is 6.09. The molecular formula is C43H29N3. The van der Waals surface area contributed by atoms with Crippen molar-refractivity contribution in [2.45, 2.75) is 0 Å². The van der Waals surface area contributed by atoms with Gasteiger partial charge in [-0.2, -0.15) is 0 Å². The third-order valence-electron chi connectivity index (χ3n) is 8.96. The molecule has 216 valence electrons. The molecule has 3 nitrogen and oxygen atoms in total. The van der Waals surface area contributed by atoms with Crippen molar-refractivity contribution < 1.29 is 0 Å². The Morgan fingerprint density at radius 3 is 1.41 bits per heavy atom. The summed E-state index contributed by atoms with van der Waals surface area (Å²) < 4.78 is 4.68. The molecule has 0 aliphatic carbocycles. The SMILES string of the molecule is c1ccc(-c2cc(-n3cc(-c4ccc(-n5c6ccccc6c6ccccc65)cc4)c4ccccc43)cc(-c3ccccc3)n2)cc1. The molecule has 0 saturated carbocycles. The highest BCUT2D eigenvalue weighted by atomic mass is 15.0. The fourth-order valence-corrected chi connectivity index (χ4v) is 6.78. The number of benzene rings is 6. The first-order valence-electron chi connectivity index (χ1n) is 15.6. The van der Waals surface area contributed by atoms with Crippen molar-refractivity contribution in [1.29, 1.82) is 0 Å². The minimum absolute atomic E-state index is 0.951. The van der Waals surface area contributed by atoms with E-state index in [0.717, 1.165) is 39.4 Å². The van der Waals surface area contributed by atoms with Crippen LogP contribution >= 0.6 is 0 Å². The van der Waals surface area contributed by atoms with E-state index >= 15 is 0 Å². The molecule has 9 aromatic rings. The standard InChI is InChI=1S/C43H29N3/c1-3-13-31(14-4-1)39-27-34(28-40(44-39)32-15-5-2-6-16-32)45-29-38(37-19-7-10-20-41(37)45)30-23-25-33(26-24-30)46-42-21-11-8-17-35(42)36-18-9-12-22-43(36)46/h1-29H. The molecule has 6 aromatic carbocycles. The molecule has 0 saturated heterocycles. The number of nitrogens with zero attached hydrogens (tertiary/aromatic N) is 3. The van der Waals surface area contributed by atoms with E-state index in [2.05, 4.69) is 173 Å². The van der Waals surface area contributed by atoms with Gasteiger partial charge in [-0.15, -0.1) is 0 Å². The number of para-hydroxylation sites is 3. The fraction of sp³-hybridized carbons (Fsp3) is 0. The van der Waals surface area contributed by atoms with Gasteiger partial charge in [0.2, 0.25) is 0 Å². The summed E-state index contributed by atoms with van der Waals surface area (Å²) in [7, 11) is 0. The highest BCUT2D eigenvalue weighted by Gasteiger charge is 2.16. The number of rotatable bonds is 5. The van der Waals surface area contributed by atoms with Gasteiger partial charge in [-0.05, 0) is 48.0 Å². The van der Waals surface area contributed by atoms with Crippen molar-refractivity contribution in [2.75, 3.05) is 0 Å². The van der Waals surface area contributed by atoms with Gasteiger partial charge in [-0.1, -0.05) is 127 Å². The Kier molecular flexibility index (Phi) is 6.14. The first-order valence-corrected chi connectivity index (χ1v) is 15.6. The molecule has 3 aromatic heterocycles. The lowest BCUT2D eigenvalue weighted by molar-refractivity contribution is 1.11. The zero-order valence-corrected chi connectivity index (χ0v) is 25.1. The highest BCUT2D eigenvalue weighted by Crippen LogP contribution is 2.37. The Hall–Kier alpha value is -6.19. The summed E-state index contributed by atoms with van der Waals surface area (Å²) in [6.45, 7) is 0. The zero-order chi connectivity index (χ0) is 30.5. The van der Waals surface area contributed by atoms with Crippen molar-refractivity contribution in [2.24, 2.45) is 0 Å². The Morgan fingerprint density at radius 1 is 0.370 bits per heavy atom. The van der Waals surface area contributed by atoms with Crippen LogP contribution in [-0.4, -0.2) is 14.1 Å². The lowest BCUT2D eigenvalue weighted by Gasteiger charge is -2.12. The van der Waals surface area contributed by atoms with Crippen LogP contribution in [0.25, 0.3) is 77.7 Å². The average molecular weight is 588 g/mol. The van der Waals surface area contributed by atoms with E-state index < -0.39 is 0 Å². The van der Waals surface area contributed by atoms with Gasteiger partial charge in [0, 0.05) is 50.4 Å². The van der Waals surface area contributed by atoms with E-state index in [1.54, 1.807) is 0 Å². The van der Waals surface area contributed by atoms with Crippen LogP contribution in [0.4, 0.5) is 0 Å². The summed E-state index contributed by atoms with van der Waals surface area (Å²) >= 11 is 0. The third kappa shape index (κ3) is 4.33. The van der Waals surface area contributed by atoms with E-state index in [1.807, 2.05) is 12.1 Å². The molecule has 0 radical (unpaired) electrons. The predicted molar refractivity (Wildman–Crippen MR) is 192 cm³/mol. The van der Waals surface area contributed by atoms with Crippen LogP contribution in [0, 0.1) is 0 Å². The van der Waals surface area contributed by atoms with E-state index in [1.165, 1.54) is 38.3 Å². The Balaban J connectivity index is 1.19. The topological polar surface area (TPSA) is 22.8 Å². The normalized spacial score (nSPS) is 11.5. The van der Waals surface area contributed by atoms with Crippen LogP contribution in [0.5, 0.6) is 0 Å². The van der Waals surface area contributed by atoms with Crippen molar-refractivity contribution in [1.82, 2.24) is 14.1 Å². The number of aromatic nitrogens is 3. The molecule has 9 rings (SSSR count).